The second-order valence-corrected chi connectivity index (χ2v) is 10.6. The van der Waals surface area contributed by atoms with Crippen LogP contribution in [0.4, 0.5) is 5.69 Å². The second-order valence-electron chi connectivity index (χ2n) is 10.6. The first kappa shape index (κ1) is 19.5. The van der Waals surface area contributed by atoms with Gasteiger partial charge in [0, 0.05) is 44.5 Å². The Kier molecular flexibility index (Phi) is 4.03. The number of aliphatic hydroxyl groups excluding tert-OH is 3. The number of ether oxygens (including phenoxy) is 1. The van der Waals surface area contributed by atoms with Crippen molar-refractivity contribution in [3.63, 3.8) is 0 Å². The molecule has 3 N–H and O–H groups in total. The van der Waals surface area contributed by atoms with Crippen LogP contribution in [0.2, 0.25) is 0 Å². The van der Waals surface area contributed by atoms with E-state index in [0.29, 0.717) is 16.9 Å². The highest BCUT2D eigenvalue weighted by molar-refractivity contribution is 5.66. The number of nitrogens with zero attached hydrogens (tertiary/aromatic N) is 2. The number of aliphatic hydroxyl groups is 3. The average Bonchev–Trinajstić information content (AvgIpc) is 3.11. The standard InChI is InChI=1S/C24H35N2O4/c1-4-14-15-9-18-21-24(16-7-5-6-8-17(16)25(21)2)10-19(20(15)22(24)28)26(18,23(14)29)11-13(27)12-30-3/h5-8,13-15,18-23,27-29H,4,9-12H2,1-3H3/q+1/t13?,14-,15?,18-,19-,20?,21-,22?,23+,24?,26?/m0/s1. The van der Waals surface area contributed by atoms with Crippen LogP contribution in [0.15, 0.2) is 24.3 Å². The number of methoxy groups -OCH3 is 1. The number of hydrogen-bond donors (Lipinski definition) is 3. The Balaban J connectivity index is 1.56. The van der Waals surface area contributed by atoms with Crippen molar-refractivity contribution in [2.75, 3.05) is 32.2 Å². The van der Waals surface area contributed by atoms with Crippen LogP contribution in [0, 0.1) is 17.8 Å². The van der Waals surface area contributed by atoms with Gasteiger partial charge in [-0.05, 0) is 24.0 Å². The molecular formula is C24H35N2O4+. The predicted octanol–water partition coefficient (Wildman–Crippen LogP) is 1.08. The van der Waals surface area contributed by atoms with Gasteiger partial charge >= 0.3 is 0 Å². The van der Waals surface area contributed by atoms with E-state index >= 15 is 0 Å². The van der Waals surface area contributed by atoms with Gasteiger partial charge in [-0.2, -0.15) is 0 Å². The third-order valence-electron chi connectivity index (χ3n) is 10.0. The maximum atomic E-state index is 12.0. The molecule has 0 amide bonds. The van der Waals surface area contributed by atoms with Crippen LogP contribution in [0.25, 0.3) is 0 Å². The Bertz CT molecular complexity index is 865. The average molecular weight is 416 g/mol. The number of fused-ring (bicyclic) bond motifs is 2. The summed E-state index contributed by atoms with van der Waals surface area (Å²) in [5, 5.41) is 34.6. The third-order valence-corrected chi connectivity index (χ3v) is 10.0. The van der Waals surface area contributed by atoms with Gasteiger partial charge in [-0.15, -0.1) is 0 Å². The minimum atomic E-state index is -0.612. The van der Waals surface area contributed by atoms with E-state index in [2.05, 4.69) is 43.1 Å². The topological polar surface area (TPSA) is 73.2 Å². The van der Waals surface area contributed by atoms with Gasteiger partial charge in [-0.3, -0.25) is 4.48 Å². The van der Waals surface area contributed by atoms with Gasteiger partial charge in [0.25, 0.3) is 0 Å². The molecule has 1 saturated carbocycles. The van der Waals surface area contributed by atoms with Crippen molar-refractivity contribution in [2.45, 2.75) is 68.2 Å². The summed E-state index contributed by atoms with van der Waals surface area (Å²) >= 11 is 0. The van der Waals surface area contributed by atoms with Gasteiger partial charge in [0.1, 0.15) is 18.7 Å². The zero-order chi connectivity index (χ0) is 21.0. The minimum Gasteiger partial charge on any atom is -0.392 e. The maximum Gasteiger partial charge on any atom is 0.194 e. The molecule has 5 aliphatic heterocycles. The molecule has 5 fully saturated rings. The summed E-state index contributed by atoms with van der Waals surface area (Å²) in [5.74, 6) is 0.732. The summed E-state index contributed by atoms with van der Waals surface area (Å²) in [6, 6.07) is 9.15. The lowest BCUT2D eigenvalue weighted by Crippen LogP contribution is -2.83. The monoisotopic (exact) mass is 415 g/mol. The van der Waals surface area contributed by atoms with Crippen LogP contribution < -0.4 is 4.90 Å². The van der Waals surface area contributed by atoms with Gasteiger partial charge in [-0.1, -0.05) is 25.1 Å². The van der Waals surface area contributed by atoms with Gasteiger partial charge in [0.05, 0.1) is 30.2 Å². The number of rotatable bonds is 5. The van der Waals surface area contributed by atoms with Crippen LogP contribution >= 0.6 is 0 Å². The number of likely N-dealkylation sites (N-methyl/N-ethyl adjacent to an activating group) is 1. The zero-order valence-corrected chi connectivity index (χ0v) is 18.2. The van der Waals surface area contributed by atoms with Crippen molar-refractivity contribution in [1.82, 2.24) is 0 Å². The summed E-state index contributed by atoms with van der Waals surface area (Å²) in [7, 11) is 3.78. The van der Waals surface area contributed by atoms with E-state index < -0.39 is 18.4 Å². The molecule has 11 atom stereocenters. The fourth-order valence-electron chi connectivity index (χ4n) is 9.37. The Morgan fingerprint density at radius 3 is 2.77 bits per heavy atom. The van der Waals surface area contributed by atoms with Crippen molar-refractivity contribution in [3.8, 4) is 0 Å². The van der Waals surface area contributed by atoms with Crippen LogP contribution in [-0.2, 0) is 10.2 Å². The lowest BCUT2D eigenvalue weighted by Gasteiger charge is -2.68. The highest BCUT2D eigenvalue weighted by atomic mass is 16.5. The van der Waals surface area contributed by atoms with Crippen LogP contribution in [-0.4, -0.2) is 83.7 Å². The third kappa shape index (κ3) is 1.91. The number of para-hydroxylation sites is 1. The van der Waals surface area contributed by atoms with E-state index in [1.807, 2.05) is 0 Å². The maximum absolute atomic E-state index is 12.0. The molecular weight excluding hydrogens is 380 g/mol. The number of piperidine rings is 4. The molecule has 1 aliphatic carbocycles. The van der Waals surface area contributed by atoms with E-state index in [-0.39, 0.29) is 42.0 Å². The van der Waals surface area contributed by atoms with E-state index in [0.717, 1.165) is 19.3 Å². The van der Waals surface area contributed by atoms with Crippen LogP contribution in [0.1, 0.15) is 31.7 Å². The SMILES string of the molecule is CC[C@H]1C2C[C@H]3[C@@H]4N(C)c5ccccc5C45C[C@@H](C2C5O)[N+]3(CC(O)COC)[C@@H]1O. The Morgan fingerprint density at radius 1 is 1.27 bits per heavy atom. The van der Waals surface area contributed by atoms with Crippen molar-refractivity contribution in [2.24, 2.45) is 17.8 Å². The van der Waals surface area contributed by atoms with E-state index in [4.69, 9.17) is 4.74 Å². The summed E-state index contributed by atoms with van der Waals surface area (Å²) < 4.78 is 5.82. The second kappa shape index (κ2) is 6.20. The molecule has 0 aromatic heterocycles. The van der Waals surface area contributed by atoms with Gasteiger partial charge in [0.15, 0.2) is 6.23 Å². The first-order chi connectivity index (χ1) is 14.4. The Labute approximate surface area is 178 Å². The molecule has 0 radical (unpaired) electrons. The molecule has 6 unspecified atom stereocenters. The molecule has 1 spiro atoms. The highest BCUT2D eigenvalue weighted by Gasteiger charge is 2.83. The first-order valence-electron chi connectivity index (χ1n) is 11.7. The van der Waals surface area contributed by atoms with Crippen molar-refractivity contribution in [1.29, 1.82) is 0 Å². The summed E-state index contributed by atoms with van der Waals surface area (Å²) in [6.07, 6.45) is 1.35. The Hall–Kier alpha value is -1.18. The molecule has 4 saturated heterocycles. The first-order valence-corrected chi connectivity index (χ1v) is 11.7. The number of quaternary nitrogens is 1. The molecule has 5 heterocycles. The van der Waals surface area contributed by atoms with Crippen LogP contribution in [0.5, 0.6) is 0 Å². The minimum absolute atomic E-state index is 0.151. The summed E-state index contributed by atoms with van der Waals surface area (Å²) in [6.45, 7) is 2.96. The molecule has 30 heavy (non-hydrogen) atoms. The Morgan fingerprint density at radius 2 is 2.03 bits per heavy atom. The number of anilines is 1. The molecule has 164 valence electrons. The lowest BCUT2D eigenvalue weighted by molar-refractivity contribution is -1.04. The largest absolute Gasteiger partial charge is 0.392 e. The number of benzene rings is 1. The van der Waals surface area contributed by atoms with Gasteiger partial charge in [0.2, 0.25) is 0 Å². The lowest BCUT2D eigenvalue weighted by atomic mass is 9.60. The summed E-state index contributed by atoms with van der Waals surface area (Å²) in [5.41, 5.74) is 2.27. The normalized spacial score (nSPS) is 50.7. The zero-order valence-electron chi connectivity index (χ0n) is 18.2. The fourth-order valence-corrected chi connectivity index (χ4v) is 9.37. The smallest absolute Gasteiger partial charge is 0.194 e. The predicted molar refractivity (Wildman–Crippen MR) is 113 cm³/mol. The van der Waals surface area contributed by atoms with Crippen molar-refractivity contribution in [3.05, 3.63) is 29.8 Å². The molecule has 1 aromatic carbocycles. The van der Waals surface area contributed by atoms with E-state index in [1.54, 1.807) is 7.11 Å². The molecule has 6 aliphatic rings. The molecule has 6 heteroatoms. The highest BCUT2D eigenvalue weighted by Crippen LogP contribution is 2.71. The van der Waals surface area contributed by atoms with Gasteiger partial charge < -0.3 is 25.0 Å². The van der Waals surface area contributed by atoms with E-state index in [1.165, 1.54) is 11.3 Å². The molecule has 7 rings (SSSR count). The van der Waals surface area contributed by atoms with Gasteiger partial charge in [-0.25, -0.2) is 0 Å². The fraction of sp³-hybridized carbons (Fsp3) is 0.750. The molecule has 1 aromatic rings. The molecule has 5 bridgehead atoms. The summed E-state index contributed by atoms with van der Waals surface area (Å²) in [4.78, 5) is 2.39. The van der Waals surface area contributed by atoms with Crippen molar-refractivity contribution >= 4 is 5.69 Å². The quantitative estimate of drug-likeness (QED) is 0.628. The number of hydrogen-bond acceptors (Lipinski definition) is 5. The molecule has 6 nitrogen and oxygen atoms in total. The van der Waals surface area contributed by atoms with Crippen LogP contribution in [0.3, 0.4) is 0 Å². The van der Waals surface area contributed by atoms with Crippen molar-refractivity contribution < 1.29 is 24.5 Å². The van der Waals surface area contributed by atoms with E-state index in [9.17, 15) is 15.3 Å².